The molecule has 192 valence electrons. The minimum atomic E-state index is -2.96. The molecule has 3 heterocycles. The van der Waals surface area contributed by atoms with Crippen LogP contribution in [0.5, 0.6) is 0 Å². The van der Waals surface area contributed by atoms with Crippen molar-refractivity contribution < 1.29 is 31.9 Å². The Morgan fingerprint density at radius 3 is 2.69 bits per heavy atom. The fourth-order valence-electron chi connectivity index (χ4n) is 4.35. The van der Waals surface area contributed by atoms with Gasteiger partial charge in [0.1, 0.15) is 11.6 Å². The third-order valence-corrected chi connectivity index (χ3v) is 7.79. The molecular weight excluding hydrogens is 606 g/mol. The zero-order valence-corrected chi connectivity index (χ0v) is 22.3. The lowest BCUT2D eigenvalue weighted by molar-refractivity contribution is 0.0964. The molecule has 0 bridgehead atoms. The smallest absolute Gasteiger partial charge is 0.407 e. The Balaban J connectivity index is 1.67. The van der Waals surface area contributed by atoms with Gasteiger partial charge in [-0.1, -0.05) is 0 Å². The van der Waals surface area contributed by atoms with Gasteiger partial charge in [-0.25, -0.2) is 22.6 Å². The van der Waals surface area contributed by atoms with E-state index in [1.807, 2.05) is 22.6 Å². The number of fused-ring (bicyclic) bond motifs is 1. The van der Waals surface area contributed by atoms with Crippen molar-refractivity contribution in [2.24, 2.45) is 5.92 Å². The molecule has 1 aliphatic rings. The van der Waals surface area contributed by atoms with Gasteiger partial charge in [0.15, 0.2) is 0 Å². The van der Waals surface area contributed by atoms with Crippen LogP contribution in [-0.4, -0.2) is 66.4 Å². The quantitative estimate of drug-likeness (QED) is 0.270. The van der Waals surface area contributed by atoms with E-state index in [-0.39, 0.29) is 42.6 Å². The first-order chi connectivity index (χ1) is 17.2. The van der Waals surface area contributed by atoms with Crippen LogP contribution in [0.15, 0.2) is 34.7 Å². The lowest BCUT2D eigenvalue weighted by atomic mass is 9.98. The van der Waals surface area contributed by atoms with Gasteiger partial charge in [-0.15, -0.1) is 0 Å². The van der Waals surface area contributed by atoms with E-state index in [1.165, 1.54) is 40.5 Å². The third kappa shape index (κ3) is 5.62. The van der Waals surface area contributed by atoms with E-state index in [9.17, 15) is 27.5 Å². The summed E-state index contributed by atoms with van der Waals surface area (Å²) < 4.78 is 45.4. The summed E-state index contributed by atoms with van der Waals surface area (Å²) in [6.07, 6.45) is 0.381. The number of furan rings is 1. The van der Waals surface area contributed by atoms with Crippen LogP contribution in [0, 0.1) is 15.3 Å². The van der Waals surface area contributed by atoms with E-state index in [4.69, 9.17) is 4.42 Å². The number of piperidine rings is 1. The zero-order chi connectivity index (χ0) is 26.0. The summed E-state index contributed by atoms with van der Waals surface area (Å²) in [4.78, 5) is 29.9. The number of likely N-dealkylation sites (tertiary alicyclic amines) is 1. The molecule has 1 aliphatic heterocycles. The van der Waals surface area contributed by atoms with E-state index in [0.717, 1.165) is 6.42 Å². The Hall–Kier alpha value is -2.78. The number of hydrogen-bond donors (Lipinski definition) is 3. The molecule has 13 heteroatoms. The Morgan fingerprint density at radius 1 is 1.33 bits per heavy atom. The number of rotatable bonds is 7. The molecule has 2 N–H and O–H groups in total. The normalized spacial score (nSPS) is 16.1. The van der Waals surface area contributed by atoms with Crippen molar-refractivity contribution in [1.29, 1.82) is 0 Å². The number of nitrogens with one attached hydrogen (secondary N) is 1. The monoisotopic (exact) mass is 630 g/mol. The van der Waals surface area contributed by atoms with Crippen LogP contribution >= 0.6 is 22.6 Å². The number of nitrogens with zero attached hydrogens (tertiary/aromatic N) is 3. The Labute approximate surface area is 221 Å². The standard InChI is InChI=1S/C23H24FIN4O6S/c1-26-21(30)19-16-9-17(25)18(27-22(16)35-20(19)14-4-6-15(24)7-5-14)12-29(36(33)34)11-13-3-2-8-28(10-13)23(31)32/h4-7,9,13,36H,2-3,8,10-12H2,1H3,(H,26,30)(H,31,32). The number of thiol groups is 1. The average molecular weight is 630 g/mol. The van der Waals surface area contributed by atoms with Crippen LogP contribution in [0.25, 0.3) is 22.4 Å². The zero-order valence-electron chi connectivity index (χ0n) is 19.2. The maximum absolute atomic E-state index is 13.4. The lowest BCUT2D eigenvalue weighted by Gasteiger charge is -2.32. The van der Waals surface area contributed by atoms with E-state index in [0.29, 0.717) is 33.2 Å². The molecule has 1 fully saturated rings. The average Bonchev–Trinajstić information content (AvgIpc) is 3.21. The van der Waals surface area contributed by atoms with Crippen LogP contribution < -0.4 is 5.32 Å². The van der Waals surface area contributed by atoms with Gasteiger partial charge in [0, 0.05) is 35.8 Å². The number of carboxylic acid groups (broad SMARTS) is 1. The third-order valence-electron chi connectivity index (χ3n) is 6.09. The van der Waals surface area contributed by atoms with Gasteiger partial charge in [0.2, 0.25) is 16.6 Å². The molecular formula is C23H24FIN4O6S. The summed E-state index contributed by atoms with van der Waals surface area (Å²) in [5.41, 5.74) is 1.34. The maximum Gasteiger partial charge on any atom is 0.407 e. The molecule has 0 saturated carbocycles. The number of carbonyl (C=O) groups is 2. The van der Waals surface area contributed by atoms with E-state index < -0.39 is 28.7 Å². The molecule has 2 aromatic heterocycles. The van der Waals surface area contributed by atoms with Crippen molar-refractivity contribution in [3.8, 4) is 11.3 Å². The number of carbonyl (C=O) groups excluding carboxylic acids is 1. The molecule has 4 rings (SSSR count). The molecule has 2 amide bonds. The molecule has 1 saturated heterocycles. The summed E-state index contributed by atoms with van der Waals surface area (Å²) in [7, 11) is -1.47. The Kier molecular flexibility index (Phi) is 8.10. The number of benzene rings is 1. The molecule has 0 aliphatic carbocycles. The summed E-state index contributed by atoms with van der Waals surface area (Å²) >= 11 is 2.03. The van der Waals surface area contributed by atoms with E-state index in [1.54, 1.807) is 6.07 Å². The largest absolute Gasteiger partial charge is 0.465 e. The number of aromatic nitrogens is 1. The Bertz CT molecular complexity index is 1370. The van der Waals surface area contributed by atoms with Crippen LogP contribution in [-0.2, 0) is 17.4 Å². The second-order valence-electron chi connectivity index (χ2n) is 8.48. The first-order valence-corrected chi connectivity index (χ1v) is 13.4. The van der Waals surface area contributed by atoms with Gasteiger partial charge in [0.25, 0.3) is 5.91 Å². The van der Waals surface area contributed by atoms with Crippen molar-refractivity contribution in [2.75, 3.05) is 26.7 Å². The first-order valence-electron chi connectivity index (χ1n) is 11.1. The highest BCUT2D eigenvalue weighted by atomic mass is 127. The van der Waals surface area contributed by atoms with Crippen molar-refractivity contribution in [3.05, 3.63) is 51.0 Å². The minimum absolute atomic E-state index is 0.0294. The fraction of sp³-hybridized carbons (Fsp3) is 0.348. The van der Waals surface area contributed by atoms with Crippen molar-refractivity contribution in [2.45, 2.75) is 19.4 Å². The minimum Gasteiger partial charge on any atom is -0.465 e. The van der Waals surface area contributed by atoms with E-state index >= 15 is 0 Å². The van der Waals surface area contributed by atoms with Crippen molar-refractivity contribution in [1.82, 2.24) is 19.5 Å². The van der Waals surface area contributed by atoms with Gasteiger partial charge in [-0.2, -0.15) is 4.31 Å². The van der Waals surface area contributed by atoms with Gasteiger partial charge in [-0.3, -0.25) is 4.79 Å². The molecule has 36 heavy (non-hydrogen) atoms. The molecule has 10 nitrogen and oxygen atoms in total. The van der Waals surface area contributed by atoms with Crippen LogP contribution in [0.2, 0.25) is 0 Å². The second-order valence-corrected chi connectivity index (χ2v) is 10.7. The summed E-state index contributed by atoms with van der Waals surface area (Å²) in [6.45, 7) is 0.848. The van der Waals surface area contributed by atoms with Crippen molar-refractivity contribution in [3.63, 3.8) is 0 Å². The summed E-state index contributed by atoms with van der Waals surface area (Å²) in [6, 6.07) is 7.23. The fourth-order valence-corrected chi connectivity index (χ4v) is 5.56. The predicted octanol–water partition coefficient (Wildman–Crippen LogP) is 3.32. The van der Waals surface area contributed by atoms with E-state index in [2.05, 4.69) is 10.3 Å². The van der Waals surface area contributed by atoms with Gasteiger partial charge < -0.3 is 19.7 Å². The molecule has 0 spiro atoms. The highest BCUT2D eigenvalue weighted by molar-refractivity contribution is 14.1. The lowest BCUT2D eigenvalue weighted by Crippen LogP contribution is -2.42. The highest BCUT2D eigenvalue weighted by Gasteiger charge is 2.27. The first kappa shape index (κ1) is 26.3. The topological polar surface area (TPSA) is 133 Å². The Morgan fingerprint density at radius 2 is 2.06 bits per heavy atom. The number of amides is 2. The van der Waals surface area contributed by atoms with Gasteiger partial charge in [-0.05, 0) is 71.7 Å². The van der Waals surface area contributed by atoms with Crippen LogP contribution in [0.3, 0.4) is 0 Å². The van der Waals surface area contributed by atoms with Crippen LogP contribution in [0.1, 0.15) is 28.9 Å². The molecule has 1 unspecified atom stereocenters. The van der Waals surface area contributed by atoms with Gasteiger partial charge >= 0.3 is 6.09 Å². The SMILES string of the molecule is CNC(=O)c1c(-c2ccc(F)cc2)oc2nc(CN(CC3CCCN(C(=O)O)C3)[SH](=O)=O)c(I)cc12. The summed E-state index contributed by atoms with van der Waals surface area (Å²) in [5, 5.41) is 12.3. The van der Waals surface area contributed by atoms with Crippen molar-refractivity contribution >= 4 is 56.6 Å². The second kappa shape index (κ2) is 11.1. The van der Waals surface area contributed by atoms with Crippen LogP contribution in [0.4, 0.5) is 9.18 Å². The molecule has 1 atom stereocenters. The van der Waals surface area contributed by atoms with Gasteiger partial charge in [0.05, 0.1) is 23.2 Å². The maximum atomic E-state index is 13.4. The number of halogens is 2. The predicted molar refractivity (Wildman–Crippen MR) is 139 cm³/mol. The summed E-state index contributed by atoms with van der Waals surface area (Å²) in [5.74, 6) is -0.726. The number of hydrogen-bond acceptors (Lipinski definition) is 6. The molecule has 1 aromatic carbocycles. The molecule has 0 radical (unpaired) electrons. The molecule has 3 aromatic rings. The highest BCUT2D eigenvalue weighted by Crippen LogP contribution is 2.34. The number of pyridine rings is 1.